The number of nitrogens with zero attached hydrogens (tertiary/aromatic N) is 2. The Morgan fingerprint density at radius 2 is 2.10 bits per heavy atom. The molecule has 1 rings (SSSR count). The van der Waals surface area contributed by atoms with E-state index < -0.39 is 5.97 Å². The lowest BCUT2D eigenvalue weighted by Crippen LogP contribution is -2.29. The van der Waals surface area contributed by atoms with E-state index in [0.29, 0.717) is 24.5 Å². The first kappa shape index (κ1) is 15.9. The maximum atomic E-state index is 12.1. The molecule has 6 nitrogen and oxygen atoms in total. The Morgan fingerprint density at radius 3 is 2.70 bits per heavy atom. The molecule has 0 saturated carbocycles. The van der Waals surface area contributed by atoms with Crippen molar-refractivity contribution < 1.29 is 19.4 Å². The minimum absolute atomic E-state index is 0.0128. The van der Waals surface area contributed by atoms with E-state index in [0.717, 1.165) is 0 Å². The van der Waals surface area contributed by atoms with Gasteiger partial charge < -0.3 is 14.7 Å². The molecule has 0 atom stereocenters. The van der Waals surface area contributed by atoms with Crippen LogP contribution in [0, 0.1) is 0 Å². The Bertz CT molecular complexity index is 474. The summed E-state index contributed by atoms with van der Waals surface area (Å²) in [5, 5.41) is 8.57. The average molecular weight is 280 g/mol. The predicted molar refractivity (Wildman–Crippen MR) is 73.8 cm³/mol. The van der Waals surface area contributed by atoms with E-state index >= 15 is 0 Å². The molecular formula is C14H20N2O4. The van der Waals surface area contributed by atoms with Gasteiger partial charge in [-0.25, -0.2) is 4.98 Å². The topological polar surface area (TPSA) is 79.7 Å². The van der Waals surface area contributed by atoms with Crippen molar-refractivity contribution >= 4 is 11.9 Å². The zero-order valence-electron chi connectivity index (χ0n) is 12.0. The van der Waals surface area contributed by atoms with Crippen LogP contribution in [0.5, 0.6) is 5.88 Å². The molecule has 0 aromatic carbocycles. The van der Waals surface area contributed by atoms with Crippen LogP contribution in [0.25, 0.3) is 0 Å². The molecule has 0 spiro atoms. The van der Waals surface area contributed by atoms with Crippen molar-refractivity contribution in [1.29, 1.82) is 0 Å². The van der Waals surface area contributed by atoms with Crippen molar-refractivity contribution in [3.63, 3.8) is 0 Å². The second-order valence-corrected chi connectivity index (χ2v) is 4.75. The van der Waals surface area contributed by atoms with Crippen LogP contribution in [-0.2, 0) is 4.79 Å². The fraction of sp³-hybridized carbons (Fsp3) is 0.500. The maximum Gasteiger partial charge on any atom is 0.303 e. The van der Waals surface area contributed by atoms with Gasteiger partial charge in [-0.3, -0.25) is 9.59 Å². The Labute approximate surface area is 118 Å². The minimum Gasteiger partial charge on any atom is -0.481 e. The van der Waals surface area contributed by atoms with Crippen LogP contribution in [0.4, 0.5) is 0 Å². The molecule has 1 N–H and O–H groups in total. The second kappa shape index (κ2) is 7.47. The Hall–Kier alpha value is -2.11. The number of carbonyl (C=O) groups is 2. The fourth-order valence-electron chi connectivity index (χ4n) is 1.61. The number of hydrogen-bond donors (Lipinski definition) is 1. The highest BCUT2D eigenvalue weighted by Crippen LogP contribution is 2.11. The summed E-state index contributed by atoms with van der Waals surface area (Å²) in [4.78, 5) is 28.2. The molecule has 0 fully saturated rings. The Balaban J connectivity index is 2.64. The molecule has 0 unspecified atom stereocenters. The van der Waals surface area contributed by atoms with Gasteiger partial charge in [-0.1, -0.05) is 6.07 Å². The Kier molecular flexibility index (Phi) is 5.96. The number of carbonyl (C=O) groups excluding carboxylic acids is 1. The lowest BCUT2D eigenvalue weighted by molar-refractivity contribution is -0.137. The first-order valence-corrected chi connectivity index (χ1v) is 6.51. The summed E-state index contributed by atoms with van der Waals surface area (Å²) in [5.41, 5.74) is 0.293. The van der Waals surface area contributed by atoms with Crippen LogP contribution in [0.3, 0.4) is 0 Å². The first-order chi connectivity index (χ1) is 9.40. The largest absolute Gasteiger partial charge is 0.481 e. The summed E-state index contributed by atoms with van der Waals surface area (Å²) in [6, 6.07) is 5.02. The lowest BCUT2D eigenvalue weighted by Gasteiger charge is -2.16. The molecular weight excluding hydrogens is 260 g/mol. The van der Waals surface area contributed by atoms with Crippen LogP contribution in [0.2, 0.25) is 0 Å². The Morgan fingerprint density at radius 1 is 1.40 bits per heavy atom. The van der Waals surface area contributed by atoms with Crippen molar-refractivity contribution in [2.45, 2.75) is 32.8 Å². The normalized spacial score (nSPS) is 10.4. The van der Waals surface area contributed by atoms with Gasteiger partial charge >= 0.3 is 5.97 Å². The SMILES string of the molecule is CC(C)Oc1cccc(C(=O)N(C)CCCC(=O)O)n1. The predicted octanol–water partition coefficient (Wildman–Crippen LogP) is 1.81. The second-order valence-electron chi connectivity index (χ2n) is 4.75. The molecule has 1 aromatic heterocycles. The third-order valence-corrected chi connectivity index (χ3v) is 2.53. The van der Waals surface area contributed by atoms with Gasteiger partial charge in [0.25, 0.3) is 5.91 Å². The minimum atomic E-state index is -0.865. The number of carboxylic acids is 1. The van der Waals surface area contributed by atoms with Crippen LogP contribution < -0.4 is 4.74 Å². The molecule has 0 bridgehead atoms. The third kappa shape index (κ3) is 5.26. The van der Waals surface area contributed by atoms with Crippen molar-refractivity contribution in [2.75, 3.05) is 13.6 Å². The van der Waals surface area contributed by atoms with Crippen LogP contribution in [-0.4, -0.2) is 46.6 Å². The van der Waals surface area contributed by atoms with Gasteiger partial charge in [0.15, 0.2) is 0 Å². The van der Waals surface area contributed by atoms with Crippen LogP contribution >= 0.6 is 0 Å². The lowest BCUT2D eigenvalue weighted by atomic mass is 10.2. The van der Waals surface area contributed by atoms with E-state index in [-0.39, 0.29) is 18.4 Å². The fourth-order valence-corrected chi connectivity index (χ4v) is 1.61. The summed E-state index contributed by atoms with van der Waals surface area (Å²) in [5.74, 6) is -0.703. The third-order valence-electron chi connectivity index (χ3n) is 2.53. The molecule has 0 aliphatic heterocycles. The molecule has 1 heterocycles. The van der Waals surface area contributed by atoms with E-state index in [1.54, 1.807) is 25.2 Å². The summed E-state index contributed by atoms with van der Waals surface area (Å²) < 4.78 is 5.44. The van der Waals surface area contributed by atoms with Gasteiger partial charge in [-0.05, 0) is 26.3 Å². The quantitative estimate of drug-likeness (QED) is 0.824. The van der Waals surface area contributed by atoms with Crippen molar-refractivity contribution in [3.8, 4) is 5.88 Å². The monoisotopic (exact) mass is 280 g/mol. The van der Waals surface area contributed by atoms with Gasteiger partial charge in [0, 0.05) is 26.1 Å². The molecule has 1 amide bonds. The summed E-state index contributed by atoms with van der Waals surface area (Å²) in [6.45, 7) is 4.14. The highest BCUT2D eigenvalue weighted by atomic mass is 16.5. The molecule has 20 heavy (non-hydrogen) atoms. The maximum absolute atomic E-state index is 12.1. The van der Waals surface area contributed by atoms with Gasteiger partial charge in [-0.15, -0.1) is 0 Å². The average Bonchev–Trinajstić information content (AvgIpc) is 2.36. The van der Waals surface area contributed by atoms with E-state index in [1.807, 2.05) is 13.8 Å². The van der Waals surface area contributed by atoms with E-state index in [9.17, 15) is 9.59 Å². The van der Waals surface area contributed by atoms with Crippen LogP contribution in [0.15, 0.2) is 18.2 Å². The van der Waals surface area contributed by atoms with Crippen LogP contribution in [0.1, 0.15) is 37.2 Å². The van der Waals surface area contributed by atoms with E-state index in [4.69, 9.17) is 9.84 Å². The van der Waals surface area contributed by atoms with Gasteiger partial charge in [0.1, 0.15) is 5.69 Å². The standard InChI is InChI=1S/C14H20N2O4/c1-10(2)20-12-7-4-6-11(15-12)14(19)16(3)9-5-8-13(17)18/h4,6-7,10H,5,8-9H2,1-3H3,(H,17,18). The van der Waals surface area contributed by atoms with Crippen molar-refractivity contribution in [1.82, 2.24) is 9.88 Å². The summed E-state index contributed by atoms with van der Waals surface area (Å²) in [7, 11) is 1.63. The zero-order chi connectivity index (χ0) is 15.1. The number of pyridine rings is 1. The number of rotatable bonds is 7. The number of aromatic nitrogens is 1. The number of carboxylic acid groups (broad SMARTS) is 1. The molecule has 110 valence electrons. The number of aliphatic carboxylic acids is 1. The summed E-state index contributed by atoms with van der Waals surface area (Å²) in [6.07, 6.45) is 0.447. The van der Waals surface area contributed by atoms with Gasteiger partial charge in [0.2, 0.25) is 5.88 Å². The molecule has 0 aliphatic rings. The van der Waals surface area contributed by atoms with Gasteiger partial charge in [-0.2, -0.15) is 0 Å². The van der Waals surface area contributed by atoms with E-state index in [2.05, 4.69) is 4.98 Å². The van der Waals surface area contributed by atoms with E-state index in [1.165, 1.54) is 4.90 Å². The molecule has 0 radical (unpaired) electrons. The number of amides is 1. The molecule has 0 saturated heterocycles. The van der Waals surface area contributed by atoms with Crippen molar-refractivity contribution in [3.05, 3.63) is 23.9 Å². The van der Waals surface area contributed by atoms with Crippen molar-refractivity contribution in [2.24, 2.45) is 0 Å². The zero-order valence-corrected chi connectivity index (χ0v) is 12.0. The van der Waals surface area contributed by atoms with Gasteiger partial charge in [0.05, 0.1) is 6.10 Å². The number of hydrogen-bond acceptors (Lipinski definition) is 4. The smallest absolute Gasteiger partial charge is 0.303 e. The highest BCUT2D eigenvalue weighted by Gasteiger charge is 2.14. The first-order valence-electron chi connectivity index (χ1n) is 6.51. The molecule has 6 heteroatoms. The highest BCUT2D eigenvalue weighted by molar-refractivity contribution is 5.92. The number of ether oxygens (including phenoxy) is 1. The molecule has 1 aromatic rings. The molecule has 0 aliphatic carbocycles. The summed E-state index contributed by atoms with van der Waals surface area (Å²) >= 11 is 0.